The minimum Gasteiger partial charge on any atom is -0.326 e. The van der Waals surface area contributed by atoms with Crippen molar-refractivity contribution in [1.29, 1.82) is 0 Å². The number of para-hydroxylation sites is 1. The van der Waals surface area contributed by atoms with Gasteiger partial charge in [-0.2, -0.15) is 0 Å². The number of carbonyl (C=O) groups excluding carboxylic acids is 2. The number of hydrogen-bond donors (Lipinski definition) is 1. The van der Waals surface area contributed by atoms with Crippen LogP contribution in [-0.4, -0.2) is 18.4 Å². The van der Waals surface area contributed by atoms with E-state index in [1.54, 1.807) is 29.2 Å². The predicted molar refractivity (Wildman–Crippen MR) is 103 cm³/mol. The zero-order valence-electron chi connectivity index (χ0n) is 15.2. The van der Waals surface area contributed by atoms with Crippen LogP contribution < -0.4 is 10.2 Å². The summed E-state index contributed by atoms with van der Waals surface area (Å²) in [5, 5.41) is 2.92. The molecule has 0 aliphatic carbocycles. The summed E-state index contributed by atoms with van der Waals surface area (Å²) in [5.41, 5.74) is 2.20. The van der Waals surface area contributed by atoms with E-state index in [-0.39, 0.29) is 17.7 Å². The van der Waals surface area contributed by atoms with E-state index < -0.39 is 0 Å². The molecule has 0 aliphatic heterocycles. The molecule has 2 rings (SSSR count). The second kappa shape index (κ2) is 9.02. The Morgan fingerprint density at radius 1 is 0.920 bits per heavy atom. The Kier molecular flexibility index (Phi) is 6.75. The van der Waals surface area contributed by atoms with Crippen LogP contribution >= 0.6 is 0 Å². The molecular formula is C21H26N2O2. The van der Waals surface area contributed by atoms with Crippen LogP contribution in [0.4, 0.5) is 11.4 Å². The van der Waals surface area contributed by atoms with Crippen molar-refractivity contribution in [2.24, 2.45) is 5.92 Å². The average Bonchev–Trinajstić information content (AvgIpc) is 2.65. The first-order chi connectivity index (χ1) is 12.1. The Labute approximate surface area is 149 Å². The van der Waals surface area contributed by atoms with E-state index in [1.165, 1.54) is 0 Å². The van der Waals surface area contributed by atoms with Crippen LogP contribution in [0, 0.1) is 5.92 Å². The van der Waals surface area contributed by atoms with E-state index in [4.69, 9.17) is 0 Å². The first kappa shape index (κ1) is 18.7. The molecule has 1 N–H and O–H groups in total. The number of nitrogens with one attached hydrogen (secondary N) is 1. The quantitative estimate of drug-likeness (QED) is 0.793. The lowest BCUT2D eigenvalue weighted by Crippen LogP contribution is -2.30. The average molecular weight is 338 g/mol. The smallest absolute Gasteiger partial charge is 0.258 e. The number of carbonyl (C=O) groups is 2. The summed E-state index contributed by atoms with van der Waals surface area (Å²) in [4.78, 5) is 26.6. The van der Waals surface area contributed by atoms with Crippen molar-refractivity contribution < 1.29 is 9.59 Å². The van der Waals surface area contributed by atoms with Gasteiger partial charge in [-0.1, -0.05) is 32.0 Å². The van der Waals surface area contributed by atoms with E-state index in [2.05, 4.69) is 5.32 Å². The number of hydrogen-bond acceptors (Lipinski definition) is 2. The van der Waals surface area contributed by atoms with E-state index in [0.29, 0.717) is 12.1 Å². The van der Waals surface area contributed by atoms with Crippen LogP contribution in [0.2, 0.25) is 0 Å². The van der Waals surface area contributed by atoms with Gasteiger partial charge in [-0.15, -0.1) is 0 Å². The van der Waals surface area contributed by atoms with Crippen molar-refractivity contribution in [3.63, 3.8) is 0 Å². The topological polar surface area (TPSA) is 49.4 Å². The van der Waals surface area contributed by atoms with E-state index in [9.17, 15) is 9.59 Å². The highest BCUT2D eigenvalue weighted by Gasteiger charge is 2.17. The van der Waals surface area contributed by atoms with Gasteiger partial charge >= 0.3 is 0 Å². The number of rotatable bonds is 7. The third kappa shape index (κ3) is 4.69. The van der Waals surface area contributed by atoms with Gasteiger partial charge in [0, 0.05) is 29.4 Å². The van der Waals surface area contributed by atoms with Crippen molar-refractivity contribution in [1.82, 2.24) is 0 Å². The third-order valence-electron chi connectivity index (χ3n) is 4.39. The fourth-order valence-electron chi connectivity index (χ4n) is 2.81. The molecule has 0 bridgehead atoms. The lowest BCUT2D eigenvalue weighted by Gasteiger charge is -2.21. The minimum atomic E-state index is -0.0495. The van der Waals surface area contributed by atoms with Gasteiger partial charge in [0.05, 0.1) is 0 Å². The summed E-state index contributed by atoms with van der Waals surface area (Å²) < 4.78 is 0. The summed E-state index contributed by atoms with van der Waals surface area (Å²) in [6, 6.07) is 16.7. The second-order valence-electron chi connectivity index (χ2n) is 5.96. The van der Waals surface area contributed by atoms with Gasteiger partial charge in [-0.05, 0) is 56.2 Å². The number of nitrogens with zero attached hydrogens (tertiary/aromatic N) is 1. The van der Waals surface area contributed by atoms with Crippen LogP contribution in [0.3, 0.4) is 0 Å². The van der Waals surface area contributed by atoms with Gasteiger partial charge in [-0.25, -0.2) is 0 Å². The molecule has 0 aliphatic rings. The molecule has 0 fully saturated rings. The van der Waals surface area contributed by atoms with Crippen LogP contribution in [0.25, 0.3) is 0 Å². The van der Waals surface area contributed by atoms with Gasteiger partial charge < -0.3 is 10.2 Å². The molecule has 2 amide bonds. The largest absolute Gasteiger partial charge is 0.326 e. The Bertz CT molecular complexity index is 692. The molecular weight excluding hydrogens is 312 g/mol. The van der Waals surface area contributed by atoms with Crippen molar-refractivity contribution >= 4 is 23.2 Å². The summed E-state index contributed by atoms with van der Waals surface area (Å²) in [6.45, 7) is 6.57. The van der Waals surface area contributed by atoms with Crippen LogP contribution in [0.5, 0.6) is 0 Å². The highest BCUT2D eigenvalue weighted by molar-refractivity contribution is 6.06. The molecule has 4 nitrogen and oxygen atoms in total. The molecule has 0 atom stereocenters. The maximum absolute atomic E-state index is 12.7. The van der Waals surface area contributed by atoms with Gasteiger partial charge in [-0.3, -0.25) is 9.59 Å². The predicted octanol–water partition coefficient (Wildman–Crippen LogP) is 4.73. The monoisotopic (exact) mass is 338 g/mol. The summed E-state index contributed by atoms with van der Waals surface area (Å²) in [5.74, 6) is 0.00471. The first-order valence-electron chi connectivity index (χ1n) is 8.88. The van der Waals surface area contributed by atoms with Gasteiger partial charge in [0.15, 0.2) is 0 Å². The maximum atomic E-state index is 12.7. The minimum absolute atomic E-state index is 0.0231. The van der Waals surface area contributed by atoms with Gasteiger partial charge in [0.2, 0.25) is 5.91 Å². The molecule has 4 heteroatoms. The zero-order valence-corrected chi connectivity index (χ0v) is 15.2. The van der Waals surface area contributed by atoms with Crippen molar-refractivity contribution in [2.45, 2.75) is 33.6 Å². The molecule has 25 heavy (non-hydrogen) atoms. The highest BCUT2D eigenvalue weighted by atomic mass is 16.2. The standard InChI is InChI=1S/C21H26N2O2/c1-4-16(5-2)20(24)22-18-14-12-17(13-15-18)21(25)23(6-3)19-10-8-7-9-11-19/h7-16H,4-6H2,1-3H3,(H,22,24). The number of anilines is 2. The molecule has 2 aromatic rings. The van der Waals surface area contributed by atoms with Gasteiger partial charge in [0.25, 0.3) is 5.91 Å². The third-order valence-corrected chi connectivity index (χ3v) is 4.39. The van der Waals surface area contributed by atoms with E-state index in [0.717, 1.165) is 24.2 Å². The maximum Gasteiger partial charge on any atom is 0.258 e. The SMILES string of the molecule is CCC(CC)C(=O)Nc1ccc(C(=O)N(CC)c2ccccc2)cc1. The molecule has 0 unspecified atom stereocenters. The molecule has 0 radical (unpaired) electrons. The van der Waals surface area contributed by atoms with Crippen LogP contribution in [-0.2, 0) is 4.79 Å². The van der Waals surface area contributed by atoms with Crippen molar-refractivity contribution in [3.05, 3.63) is 60.2 Å². The Morgan fingerprint density at radius 3 is 2.04 bits per heavy atom. The Balaban J connectivity index is 2.11. The number of benzene rings is 2. The molecule has 2 aromatic carbocycles. The molecule has 0 spiro atoms. The fourth-order valence-corrected chi connectivity index (χ4v) is 2.81. The zero-order chi connectivity index (χ0) is 18.2. The Morgan fingerprint density at radius 2 is 1.52 bits per heavy atom. The molecule has 0 saturated heterocycles. The summed E-state index contributed by atoms with van der Waals surface area (Å²) in [7, 11) is 0. The second-order valence-corrected chi connectivity index (χ2v) is 5.96. The van der Waals surface area contributed by atoms with E-state index >= 15 is 0 Å². The molecule has 132 valence electrons. The van der Waals surface area contributed by atoms with Crippen LogP contribution in [0.1, 0.15) is 44.0 Å². The molecule has 0 aromatic heterocycles. The first-order valence-corrected chi connectivity index (χ1v) is 8.88. The highest BCUT2D eigenvalue weighted by Crippen LogP contribution is 2.19. The molecule has 0 saturated carbocycles. The Hall–Kier alpha value is -2.62. The normalized spacial score (nSPS) is 10.6. The van der Waals surface area contributed by atoms with Gasteiger partial charge in [0.1, 0.15) is 0 Å². The van der Waals surface area contributed by atoms with Crippen molar-refractivity contribution in [3.8, 4) is 0 Å². The fraction of sp³-hybridized carbons (Fsp3) is 0.333. The summed E-state index contributed by atoms with van der Waals surface area (Å²) in [6.07, 6.45) is 1.64. The number of amides is 2. The lowest BCUT2D eigenvalue weighted by molar-refractivity contribution is -0.120. The van der Waals surface area contributed by atoms with E-state index in [1.807, 2.05) is 51.1 Å². The molecule has 0 heterocycles. The van der Waals surface area contributed by atoms with Crippen LogP contribution in [0.15, 0.2) is 54.6 Å². The summed E-state index contributed by atoms with van der Waals surface area (Å²) >= 11 is 0. The lowest BCUT2D eigenvalue weighted by atomic mass is 10.0. The van der Waals surface area contributed by atoms with Crippen molar-refractivity contribution in [2.75, 3.05) is 16.8 Å².